The van der Waals surface area contributed by atoms with Crippen molar-refractivity contribution in [3.63, 3.8) is 0 Å². The molecule has 2 aliphatic rings. The van der Waals surface area contributed by atoms with Gasteiger partial charge in [-0.25, -0.2) is 0 Å². The quantitative estimate of drug-likeness (QED) is 0.710. The highest BCUT2D eigenvalue weighted by molar-refractivity contribution is 6.05. The molecule has 0 bridgehead atoms. The van der Waals surface area contributed by atoms with Crippen molar-refractivity contribution >= 4 is 16.8 Å². The summed E-state index contributed by atoms with van der Waals surface area (Å²) in [5, 5.41) is 12.8. The highest BCUT2D eigenvalue weighted by Gasteiger charge is 2.47. The van der Waals surface area contributed by atoms with E-state index in [9.17, 15) is 9.90 Å². The van der Waals surface area contributed by atoms with Crippen molar-refractivity contribution in [1.82, 2.24) is 14.8 Å². The lowest BCUT2D eigenvalue weighted by molar-refractivity contribution is -0.112. The fourth-order valence-corrected chi connectivity index (χ4v) is 4.92. The largest absolute Gasteiger partial charge is 0.383 e. The van der Waals surface area contributed by atoms with Crippen LogP contribution >= 0.6 is 0 Å². The van der Waals surface area contributed by atoms with Crippen molar-refractivity contribution in [3.05, 3.63) is 78.0 Å². The molecule has 31 heavy (non-hydrogen) atoms. The Balaban J connectivity index is 1.48. The van der Waals surface area contributed by atoms with Gasteiger partial charge in [-0.3, -0.25) is 14.7 Å². The molecule has 160 valence electrons. The van der Waals surface area contributed by atoms with Gasteiger partial charge in [-0.15, -0.1) is 0 Å². The topological polar surface area (TPSA) is 65.9 Å². The lowest BCUT2D eigenvalue weighted by Crippen LogP contribution is -2.63. The van der Waals surface area contributed by atoms with Gasteiger partial charge in [0.25, 0.3) is 5.91 Å². The summed E-state index contributed by atoms with van der Waals surface area (Å²) in [6, 6.07) is 19.2. The molecule has 2 aromatic carbocycles. The number of rotatable bonds is 3. The first kappa shape index (κ1) is 20.1. The standard InChI is InChI=1S/C25H27N3O3/c29-24(21-10-4-6-19-7-5-12-26-23(19)21)28-13-11-25(30,20-8-2-1-3-9-20)22(18-28)27-14-16-31-17-15-27/h1-10,12,22,30H,11,13-18H2/t22-,25+/m1/s1. The monoisotopic (exact) mass is 417 g/mol. The van der Waals surface area contributed by atoms with Gasteiger partial charge in [0.1, 0.15) is 5.60 Å². The zero-order valence-corrected chi connectivity index (χ0v) is 17.5. The van der Waals surface area contributed by atoms with Gasteiger partial charge in [0.15, 0.2) is 0 Å². The molecule has 0 unspecified atom stereocenters. The van der Waals surface area contributed by atoms with E-state index in [-0.39, 0.29) is 11.9 Å². The van der Waals surface area contributed by atoms with Gasteiger partial charge in [0.05, 0.1) is 30.3 Å². The summed E-state index contributed by atoms with van der Waals surface area (Å²) >= 11 is 0. The van der Waals surface area contributed by atoms with E-state index in [1.807, 2.05) is 65.6 Å². The Morgan fingerprint density at radius 3 is 2.58 bits per heavy atom. The second kappa shape index (κ2) is 8.38. The summed E-state index contributed by atoms with van der Waals surface area (Å²) in [5.74, 6) is -0.0299. The van der Waals surface area contributed by atoms with Gasteiger partial charge >= 0.3 is 0 Å². The zero-order chi connectivity index (χ0) is 21.3. The number of amides is 1. The van der Waals surface area contributed by atoms with Crippen molar-refractivity contribution in [2.24, 2.45) is 0 Å². The van der Waals surface area contributed by atoms with Crippen LogP contribution in [0, 0.1) is 0 Å². The van der Waals surface area contributed by atoms with Crippen LogP contribution in [0.3, 0.4) is 0 Å². The van der Waals surface area contributed by atoms with Crippen molar-refractivity contribution in [2.75, 3.05) is 39.4 Å². The van der Waals surface area contributed by atoms with Crippen molar-refractivity contribution < 1.29 is 14.6 Å². The number of aromatic nitrogens is 1. The molecule has 2 atom stereocenters. The molecule has 2 fully saturated rings. The van der Waals surface area contributed by atoms with Crippen LogP contribution in [0.25, 0.3) is 10.9 Å². The highest BCUT2D eigenvalue weighted by atomic mass is 16.5. The molecule has 3 heterocycles. The third-order valence-corrected chi connectivity index (χ3v) is 6.62. The molecule has 6 heteroatoms. The Hall–Kier alpha value is -2.80. The SMILES string of the molecule is O=C(c1cccc2cccnc12)N1CC[C@](O)(c2ccccc2)[C@H](N2CCOCC2)C1. The predicted octanol–water partition coefficient (Wildman–Crippen LogP) is 2.67. The molecule has 0 saturated carbocycles. The van der Waals surface area contributed by atoms with Gasteiger partial charge in [-0.2, -0.15) is 0 Å². The number of hydrogen-bond acceptors (Lipinski definition) is 5. The van der Waals surface area contributed by atoms with Crippen LogP contribution < -0.4 is 0 Å². The molecule has 5 rings (SSSR count). The van der Waals surface area contributed by atoms with Gasteiger partial charge in [0, 0.05) is 37.8 Å². The Bertz CT molecular complexity index is 1060. The number of fused-ring (bicyclic) bond motifs is 1. The lowest BCUT2D eigenvalue weighted by Gasteiger charge is -2.50. The van der Waals surface area contributed by atoms with E-state index in [1.54, 1.807) is 6.20 Å². The van der Waals surface area contributed by atoms with Crippen LogP contribution in [-0.2, 0) is 10.3 Å². The minimum absolute atomic E-state index is 0.0299. The summed E-state index contributed by atoms with van der Waals surface area (Å²) in [6.45, 7) is 3.74. The smallest absolute Gasteiger partial charge is 0.256 e. The Morgan fingerprint density at radius 2 is 1.77 bits per heavy atom. The number of nitrogens with zero attached hydrogens (tertiary/aromatic N) is 3. The predicted molar refractivity (Wildman–Crippen MR) is 119 cm³/mol. The second-order valence-electron chi connectivity index (χ2n) is 8.34. The fraction of sp³-hybridized carbons (Fsp3) is 0.360. The van der Waals surface area contributed by atoms with E-state index in [2.05, 4.69) is 9.88 Å². The van der Waals surface area contributed by atoms with Crippen LogP contribution in [0.15, 0.2) is 66.9 Å². The van der Waals surface area contributed by atoms with Crippen molar-refractivity contribution in [1.29, 1.82) is 0 Å². The number of carbonyl (C=O) groups excluding carboxylic acids is 1. The number of piperidine rings is 1. The molecule has 0 aliphatic carbocycles. The number of aliphatic hydroxyl groups is 1. The van der Waals surface area contributed by atoms with Crippen LogP contribution in [0.4, 0.5) is 0 Å². The fourth-order valence-electron chi connectivity index (χ4n) is 4.92. The summed E-state index contributed by atoms with van der Waals surface area (Å²) in [6.07, 6.45) is 2.21. The third-order valence-electron chi connectivity index (χ3n) is 6.62. The zero-order valence-electron chi connectivity index (χ0n) is 17.5. The third kappa shape index (κ3) is 3.71. The number of benzene rings is 2. The van der Waals surface area contributed by atoms with Crippen molar-refractivity contribution in [3.8, 4) is 0 Å². The number of ether oxygens (including phenoxy) is 1. The maximum atomic E-state index is 13.6. The van der Waals surface area contributed by atoms with E-state index in [0.29, 0.717) is 38.3 Å². The number of likely N-dealkylation sites (tertiary alicyclic amines) is 1. The van der Waals surface area contributed by atoms with Crippen LogP contribution in [0.1, 0.15) is 22.3 Å². The van der Waals surface area contributed by atoms with Gasteiger partial charge in [-0.1, -0.05) is 48.5 Å². The molecule has 6 nitrogen and oxygen atoms in total. The first-order chi connectivity index (χ1) is 15.2. The molecule has 1 aromatic heterocycles. The van der Waals surface area contributed by atoms with Crippen LogP contribution in [0.2, 0.25) is 0 Å². The molecule has 2 aliphatic heterocycles. The number of para-hydroxylation sites is 1. The summed E-state index contributed by atoms with van der Waals surface area (Å²) in [4.78, 5) is 22.2. The summed E-state index contributed by atoms with van der Waals surface area (Å²) in [5.41, 5.74) is 1.24. The minimum atomic E-state index is -1.01. The molecule has 0 radical (unpaired) electrons. The first-order valence-electron chi connectivity index (χ1n) is 10.9. The van der Waals surface area contributed by atoms with Gasteiger partial charge in [-0.05, 0) is 24.1 Å². The Labute approximate surface area is 182 Å². The number of pyridine rings is 1. The number of morpholine rings is 1. The Kier molecular flexibility index (Phi) is 5.44. The van der Waals surface area contributed by atoms with E-state index >= 15 is 0 Å². The number of carbonyl (C=O) groups is 1. The number of hydrogen-bond donors (Lipinski definition) is 1. The van der Waals surface area contributed by atoms with E-state index < -0.39 is 5.60 Å². The normalized spacial score (nSPS) is 24.9. The average Bonchev–Trinajstić information content (AvgIpc) is 2.84. The van der Waals surface area contributed by atoms with Gasteiger partial charge < -0.3 is 14.7 Å². The maximum Gasteiger partial charge on any atom is 0.256 e. The summed E-state index contributed by atoms with van der Waals surface area (Å²) in [7, 11) is 0. The maximum absolute atomic E-state index is 13.6. The molecule has 1 N–H and O–H groups in total. The highest BCUT2D eigenvalue weighted by Crippen LogP contribution is 2.37. The van der Waals surface area contributed by atoms with Crippen LogP contribution in [0.5, 0.6) is 0 Å². The molecule has 2 saturated heterocycles. The van der Waals surface area contributed by atoms with Gasteiger partial charge in [0.2, 0.25) is 0 Å². The van der Waals surface area contributed by atoms with Crippen molar-refractivity contribution in [2.45, 2.75) is 18.1 Å². The van der Waals surface area contributed by atoms with Crippen LogP contribution in [-0.4, -0.2) is 71.2 Å². The molecule has 0 spiro atoms. The minimum Gasteiger partial charge on any atom is -0.383 e. The molecular weight excluding hydrogens is 390 g/mol. The Morgan fingerprint density at radius 1 is 1.00 bits per heavy atom. The molecular formula is C25H27N3O3. The first-order valence-corrected chi connectivity index (χ1v) is 10.9. The molecule has 1 amide bonds. The average molecular weight is 418 g/mol. The summed E-state index contributed by atoms with van der Waals surface area (Å²) < 4.78 is 5.54. The molecule has 3 aromatic rings. The van der Waals surface area contributed by atoms with E-state index in [4.69, 9.17) is 4.74 Å². The lowest BCUT2D eigenvalue weighted by atomic mass is 9.79. The van der Waals surface area contributed by atoms with E-state index in [0.717, 1.165) is 29.6 Å². The second-order valence-corrected chi connectivity index (χ2v) is 8.34. The van der Waals surface area contributed by atoms with E-state index in [1.165, 1.54) is 0 Å².